The molecule has 35 heavy (non-hydrogen) atoms. The van der Waals surface area contributed by atoms with Crippen LogP contribution in [-0.4, -0.2) is 17.5 Å². The average molecular weight is 493 g/mol. The van der Waals surface area contributed by atoms with Crippen molar-refractivity contribution in [1.29, 1.82) is 0 Å². The Hall–Kier alpha value is -3.97. The maximum atomic E-state index is 14.1. The zero-order chi connectivity index (χ0) is 24.4. The van der Waals surface area contributed by atoms with Crippen molar-refractivity contribution in [2.24, 2.45) is 0 Å². The van der Waals surface area contributed by atoms with E-state index in [0.29, 0.717) is 28.7 Å². The second kappa shape index (κ2) is 9.72. The number of anilines is 1. The van der Waals surface area contributed by atoms with Crippen molar-refractivity contribution >= 4 is 23.3 Å². The summed E-state index contributed by atoms with van der Waals surface area (Å²) in [5.41, 5.74) is 1.84. The molecule has 4 aromatic rings. The van der Waals surface area contributed by atoms with Crippen LogP contribution in [0, 0.1) is 11.6 Å². The summed E-state index contributed by atoms with van der Waals surface area (Å²) in [6.07, 6.45) is 1.87. The minimum absolute atomic E-state index is 0.134. The summed E-state index contributed by atoms with van der Waals surface area (Å²) in [6.45, 7) is 0.661. The van der Waals surface area contributed by atoms with Crippen molar-refractivity contribution in [1.82, 2.24) is 4.98 Å². The lowest BCUT2D eigenvalue weighted by Gasteiger charge is -2.19. The third kappa shape index (κ3) is 5.10. The summed E-state index contributed by atoms with van der Waals surface area (Å²) in [4.78, 5) is 17.0. The highest BCUT2D eigenvalue weighted by Gasteiger charge is 2.16. The van der Waals surface area contributed by atoms with Gasteiger partial charge in [0.25, 0.3) is 5.91 Å². The maximum Gasteiger partial charge on any atom is 0.256 e. The second-order valence-corrected chi connectivity index (χ2v) is 8.36. The highest BCUT2D eigenvalue weighted by atomic mass is 35.5. The number of aromatic nitrogens is 1. The zero-order valence-corrected chi connectivity index (χ0v) is 19.1. The molecule has 0 spiro atoms. The second-order valence-electron chi connectivity index (χ2n) is 7.96. The number of hydrogen-bond donors (Lipinski definition) is 1. The molecule has 2 heterocycles. The van der Waals surface area contributed by atoms with Crippen molar-refractivity contribution in [2.75, 3.05) is 11.9 Å². The van der Waals surface area contributed by atoms with Crippen LogP contribution in [0.5, 0.6) is 17.2 Å². The van der Waals surface area contributed by atoms with Gasteiger partial charge in [-0.15, -0.1) is 0 Å². The zero-order valence-electron chi connectivity index (χ0n) is 18.4. The van der Waals surface area contributed by atoms with Gasteiger partial charge >= 0.3 is 0 Å². The van der Waals surface area contributed by atoms with Crippen molar-refractivity contribution < 1.29 is 23.0 Å². The minimum atomic E-state index is -0.734. The van der Waals surface area contributed by atoms with E-state index in [1.807, 2.05) is 6.07 Å². The van der Waals surface area contributed by atoms with Gasteiger partial charge in [0.05, 0.1) is 17.3 Å². The number of pyridine rings is 1. The number of halogens is 3. The normalized spacial score (nSPS) is 12.4. The number of rotatable bonds is 5. The summed E-state index contributed by atoms with van der Waals surface area (Å²) < 4.78 is 38.9. The fourth-order valence-corrected chi connectivity index (χ4v) is 3.99. The monoisotopic (exact) mass is 492 g/mol. The fraction of sp³-hybridized carbons (Fsp3) is 0.111. The highest BCUT2D eigenvalue weighted by molar-refractivity contribution is 6.32. The Labute approximate surface area is 205 Å². The summed E-state index contributed by atoms with van der Waals surface area (Å²) in [5, 5.41) is 3.17. The standard InChI is InChI=1S/C27H19ClF2N2O3/c28-21-13-17-3-2-12-34-24(17)15-25(21)35-19-9-6-16(7-10-19)27(33)32-26-5-1-4-23(31-26)20-11-8-18(29)14-22(20)30/h1,4-11,13-15H,2-3,12H2,(H,31,32,33). The number of nitrogens with one attached hydrogen (secondary N) is 1. The van der Waals surface area contributed by atoms with Gasteiger partial charge in [-0.2, -0.15) is 0 Å². The first-order chi connectivity index (χ1) is 17.0. The lowest BCUT2D eigenvalue weighted by atomic mass is 10.1. The molecule has 0 saturated carbocycles. The molecular formula is C27H19ClF2N2O3. The van der Waals surface area contributed by atoms with Crippen molar-refractivity contribution in [3.8, 4) is 28.5 Å². The number of carbonyl (C=O) groups is 1. The summed E-state index contributed by atoms with van der Waals surface area (Å²) in [5.74, 6) is 0.164. The molecular weight excluding hydrogens is 474 g/mol. The molecule has 0 fully saturated rings. The van der Waals surface area contributed by atoms with Crippen LogP contribution in [0.4, 0.5) is 14.6 Å². The van der Waals surface area contributed by atoms with E-state index in [1.165, 1.54) is 6.07 Å². The molecule has 1 N–H and O–H groups in total. The Balaban J connectivity index is 1.28. The van der Waals surface area contributed by atoms with E-state index in [9.17, 15) is 13.6 Å². The van der Waals surface area contributed by atoms with Gasteiger partial charge < -0.3 is 14.8 Å². The number of amides is 1. The van der Waals surface area contributed by atoms with E-state index in [4.69, 9.17) is 21.1 Å². The van der Waals surface area contributed by atoms with Crippen molar-refractivity contribution in [2.45, 2.75) is 12.8 Å². The topological polar surface area (TPSA) is 60.5 Å². The number of aryl methyl sites for hydroxylation is 1. The minimum Gasteiger partial charge on any atom is -0.493 e. The molecule has 8 heteroatoms. The lowest BCUT2D eigenvalue weighted by Crippen LogP contribution is -2.13. The molecule has 0 atom stereocenters. The van der Waals surface area contributed by atoms with Crippen LogP contribution in [0.25, 0.3) is 11.3 Å². The van der Waals surface area contributed by atoms with Crippen molar-refractivity contribution in [3.63, 3.8) is 0 Å². The third-order valence-corrected chi connectivity index (χ3v) is 5.80. The van der Waals surface area contributed by atoms with Gasteiger partial charge in [0.1, 0.15) is 34.7 Å². The molecule has 176 valence electrons. The molecule has 0 radical (unpaired) electrons. The van der Waals surface area contributed by atoms with Crippen LogP contribution in [0.15, 0.2) is 72.8 Å². The largest absolute Gasteiger partial charge is 0.493 e. The van der Waals surface area contributed by atoms with Crippen molar-refractivity contribution in [3.05, 3.63) is 101 Å². The predicted molar refractivity (Wildman–Crippen MR) is 129 cm³/mol. The quantitative estimate of drug-likeness (QED) is 0.324. The average Bonchev–Trinajstić information content (AvgIpc) is 2.85. The Bertz CT molecular complexity index is 1410. The Morgan fingerprint density at radius 3 is 2.66 bits per heavy atom. The van der Waals surface area contributed by atoms with Gasteiger partial charge in [-0.1, -0.05) is 17.7 Å². The first kappa shape index (κ1) is 22.8. The van der Waals surface area contributed by atoms with Gasteiger partial charge in [0.15, 0.2) is 0 Å². The number of nitrogens with zero attached hydrogens (tertiary/aromatic N) is 1. The maximum absolute atomic E-state index is 14.1. The Morgan fingerprint density at radius 2 is 1.86 bits per heavy atom. The SMILES string of the molecule is O=C(Nc1cccc(-c2ccc(F)cc2F)n1)c1ccc(Oc2cc3c(cc2Cl)CCCO3)cc1. The van der Waals surface area contributed by atoms with E-state index < -0.39 is 17.5 Å². The number of ether oxygens (including phenoxy) is 2. The van der Waals surface area contributed by atoms with Gasteiger partial charge in [-0.05, 0) is 73.0 Å². The molecule has 5 nitrogen and oxygen atoms in total. The summed E-state index contributed by atoms with van der Waals surface area (Å²) in [6, 6.07) is 18.2. The van der Waals surface area contributed by atoms with E-state index >= 15 is 0 Å². The van der Waals surface area contributed by atoms with Gasteiger partial charge in [0, 0.05) is 23.3 Å². The molecule has 3 aromatic carbocycles. The Morgan fingerprint density at radius 1 is 1.03 bits per heavy atom. The molecule has 1 aromatic heterocycles. The molecule has 0 bridgehead atoms. The van der Waals surface area contributed by atoms with Crippen LogP contribution < -0.4 is 14.8 Å². The van der Waals surface area contributed by atoms with Crippen LogP contribution in [0.2, 0.25) is 5.02 Å². The summed E-state index contributed by atoms with van der Waals surface area (Å²) >= 11 is 6.36. The highest BCUT2D eigenvalue weighted by Crippen LogP contribution is 2.37. The molecule has 1 amide bonds. The van der Waals surface area contributed by atoms with E-state index in [1.54, 1.807) is 48.5 Å². The van der Waals surface area contributed by atoms with E-state index in [-0.39, 0.29) is 17.1 Å². The number of benzene rings is 3. The lowest BCUT2D eigenvalue weighted by molar-refractivity contribution is 0.102. The number of fused-ring (bicyclic) bond motifs is 1. The Kier molecular flexibility index (Phi) is 6.33. The van der Waals surface area contributed by atoms with Gasteiger partial charge in [0.2, 0.25) is 0 Å². The fourth-order valence-electron chi connectivity index (χ4n) is 3.77. The first-order valence-corrected chi connectivity index (χ1v) is 11.3. The first-order valence-electron chi connectivity index (χ1n) is 10.9. The van der Waals surface area contributed by atoms with E-state index in [0.717, 1.165) is 36.3 Å². The molecule has 5 rings (SSSR count). The third-order valence-electron chi connectivity index (χ3n) is 5.51. The molecule has 1 aliphatic rings. The predicted octanol–water partition coefficient (Wildman–Crippen LogP) is 7.05. The van der Waals surface area contributed by atoms with Crippen LogP contribution >= 0.6 is 11.6 Å². The number of hydrogen-bond acceptors (Lipinski definition) is 4. The van der Waals surface area contributed by atoms with E-state index in [2.05, 4.69) is 10.3 Å². The number of carbonyl (C=O) groups excluding carboxylic acids is 1. The molecule has 0 unspecified atom stereocenters. The van der Waals surface area contributed by atoms with Gasteiger partial charge in [-0.25, -0.2) is 13.8 Å². The molecule has 1 aliphatic heterocycles. The molecule has 0 aliphatic carbocycles. The molecule has 0 saturated heterocycles. The summed E-state index contributed by atoms with van der Waals surface area (Å²) in [7, 11) is 0. The van der Waals surface area contributed by atoms with Gasteiger partial charge in [-0.3, -0.25) is 4.79 Å². The van der Waals surface area contributed by atoms with Crippen LogP contribution in [0.1, 0.15) is 22.3 Å². The van der Waals surface area contributed by atoms with Crippen LogP contribution in [-0.2, 0) is 6.42 Å². The smallest absolute Gasteiger partial charge is 0.256 e. The van der Waals surface area contributed by atoms with Crippen LogP contribution in [0.3, 0.4) is 0 Å².